The van der Waals surface area contributed by atoms with E-state index in [4.69, 9.17) is 4.74 Å². The van der Waals surface area contributed by atoms with E-state index in [0.29, 0.717) is 11.5 Å². The number of hydrogen-bond donors (Lipinski definition) is 1. The predicted octanol–water partition coefficient (Wildman–Crippen LogP) is 2.92. The van der Waals surface area contributed by atoms with Gasteiger partial charge in [-0.1, -0.05) is 42.5 Å². The lowest BCUT2D eigenvalue weighted by Gasteiger charge is -2.18. The van der Waals surface area contributed by atoms with E-state index < -0.39 is 10.8 Å². The van der Waals surface area contributed by atoms with Crippen molar-refractivity contribution in [2.75, 3.05) is 18.6 Å². The van der Waals surface area contributed by atoms with Crippen molar-refractivity contribution in [3.8, 4) is 5.75 Å². The minimum atomic E-state index is -1.01. The van der Waals surface area contributed by atoms with Crippen LogP contribution in [0.3, 0.4) is 0 Å². The summed E-state index contributed by atoms with van der Waals surface area (Å²) in [5, 5.41) is 2.91. The van der Waals surface area contributed by atoms with Crippen molar-refractivity contribution >= 4 is 16.7 Å². The number of ether oxygens (including phenoxy) is 1. The molecule has 2 aromatic carbocycles. The summed E-state index contributed by atoms with van der Waals surface area (Å²) in [6.07, 6.45) is 1.63. The van der Waals surface area contributed by atoms with Gasteiger partial charge >= 0.3 is 0 Å². The Hall–Kier alpha value is -2.14. The van der Waals surface area contributed by atoms with E-state index in [1.165, 1.54) is 0 Å². The summed E-state index contributed by atoms with van der Waals surface area (Å²) in [6.45, 7) is 3.86. The molecule has 24 heavy (non-hydrogen) atoms. The summed E-state index contributed by atoms with van der Waals surface area (Å²) in [5.41, 5.74) is 3.01. The van der Waals surface area contributed by atoms with Crippen molar-refractivity contribution in [2.24, 2.45) is 0 Å². The van der Waals surface area contributed by atoms with Crippen LogP contribution in [0.5, 0.6) is 5.75 Å². The zero-order chi connectivity index (χ0) is 17.5. The van der Waals surface area contributed by atoms with Gasteiger partial charge in [-0.25, -0.2) is 0 Å². The van der Waals surface area contributed by atoms with Crippen LogP contribution < -0.4 is 10.1 Å². The number of hydrogen-bond acceptors (Lipinski definition) is 3. The van der Waals surface area contributed by atoms with Gasteiger partial charge in [0, 0.05) is 22.8 Å². The summed E-state index contributed by atoms with van der Waals surface area (Å²) in [7, 11) is -1.01. The molecule has 0 unspecified atom stereocenters. The molecule has 2 aromatic rings. The summed E-state index contributed by atoms with van der Waals surface area (Å²) >= 11 is 0. The molecule has 2 rings (SSSR count). The molecule has 0 heterocycles. The molecule has 0 aliphatic heterocycles. The summed E-state index contributed by atoms with van der Waals surface area (Å²) in [5.74, 6) is 0.856. The summed E-state index contributed by atoms with van der Waals surface area (Å²) < 4.78 is 17.2. The molecule has 0 radical (unpaired) electrons. The van der Waals surface area contributed by atoms with E-state index in [1.54, 1.807) is 6.26 Å². The third kappa shape index (κ3) is 5.49. The second-order valence-corrected chi connectivity index (χ2v) is 7.31. The molecule has 0 saturated heterocycles. The molecule has 0 spiro atoms. The van der Waals surface area contributed by atoms with E-state index in [9.17, 15) is 9.00 Å². The topological polar surface area (TPSA) is 55.4 Å². The molecule has 5 heteroatoms. The van der Waals surface area contributed by atoms with Crippen molar-refractivity contribution in [1.82, 2.24) is 5.32 Å². The maximum absolute atomic E-state index is 12.2. The quantitative estimate of drug-likeness (QED) is 0.839. The molecule has 0 bridgehead atoms. The number of nitrogens with one attached hydrogen (secondary N) is 1. The molecule has 0 aliphatic rings. The first-order valence-corrected chi connectivity index (χ1v) is 9.53. The molecule has 2 atom stereocenters. The van der Waals surface area contributed by atoms with Crippen LogP contribution in [-0.4, -0.2) is 28.7 Å². The van der Waals surface area contributed by atoms with E-state index in [-0.39, 0.29) is 18.6 Å². The van der Waals surface area contributed by atoms with E-state index in [1.807, 2.05) is 62.4 Å². The van der Waals surface area contributed by atoms with Gasteiger partial charge in [-0.05, 0) is 36.6 Å². The van der Waals surface area contributed by atoms with Crippen LogP contribution in [0.4, 0.5) is 0 Å². The third-order valence-corrected chi connectivity index (χ3v) is 4.44. The first-order chi connectivity index (χ1) is 11.5. The fourth-order valence-electron chi connectivity index (χ4n) is 2.38. The minimum Gasteiger partial charge on any atom is -0.483 e. The maximum atomic E-state index is 12.2. The number of carbonyl (C=O) groups excluding carboxylic acids is 1. The Morgan fingerprint density at radius 1 is 1.17 bits per heavy atom. The largest absolute Gasteiger partial charge is 0.483 e. The summed E-state index contributed by atoms with van der Waals surface area (Å²) in [6, 6.07) is 15.2. The van der Waals surface area contributed by atoms with E-state index in [2.05, 4.69) is 5.32 Å². The number of carbonyl (C=O) groups is 1. The van der Waals surface area contributed by atoms with Crippen LogP contribution in [0.1, 0.15) is 22.7 Å². The molecule has 0 aliphatic carbocycles. The smallest absolute Gasteiger partial charge is 0.258 e. The number of amides is 1. The zero-order valence-electron chi connectivity index (χ0n) is 14.2. The van der Waals surface area contributed by atoms with E-state index >= 15 is 0 Å². The van der Waals surface area contributed by atoms with Crippen molar-refractivity contribution < 1.29 is 13.7 Å². The Morgan fingerprint density at radius 2 is 1.88 bits per heavy atom. The second kappa shape index (κ2) is 8.64. The van der Waals surface area contributed by atoms with Gasteiger partial charge in [-0.3, -0.25) is 9.00 Å². The highest BCUT2D eigenvalue weighted by molar-refractivity contribution is 7.84. The molecule has 0 aromatic heterocycles. The lowest BCUT2D eigenvalue weighted by molar-refractivity contribution is -0.123. The average molecular weight is 345 g/mol. The lowest BCUT2D eigenvalue weighted by Crippen LogP contribution is -2.35. The van der Waals surface area contributed by atoms with Crippen molar-refractivity contribution in [3.63, 3.8) is 0 Å². The van der Waals surface area contributed by atoms with Crippen LogP contribution in [0, 0.1) is 13.8 Å². The number of benzene rings is 2. The molecular weight excluding hydrogens is 322 g/mol. The van der Waals surface area contributed by atoms with Gasteiger partial charge in [0.2, 0.25) is 0 Å². The van der Waals surface area contributed by atoms with Crippen molar-refractivity contribution in [1.29, 1.82) is 0 Å². The predicted molar refractivity (Wildman–Crippen MR) is 97.7 cm³/mol. The molecule has 0 fully saturated rings. The first kappa shape index (κ1) is 18.2. The highest BCUT2D eigenvalue weighted by atomic mass is 32.2. The van der Waals surface area contributed by atoms with Crippen LogP contribution >= 0.6 is 0 Å². The van der Waals surface area contributed by atoms with Crippen molar-refractivity contribution in [3.05, 3.63) is 65.2 Å². The number of aryl methyl sites for hydroxylation is 2. The van der Waals surface area contributed by atoms with Gasteiger partial charge < -0.3 is 10.1 Å². The highest BCUT2D eigenvalue weighted by Gasteiger charge is 2.16. The maximum Gasteiger partial charge on any atom is 0.258 e. The molecule has 1 N–H and O–H groups in total. The van der Waals surface area contributed by atoms with Gasteiger partial charge in [-0.15, -0.1) is 0 Å². The standard InChI is InChI=1S/C19H23NO3S/c1-14-9-10-15(2)18(11-14)23-12-19(21)20-17(13-24(3)22)16-7-5-4-6-8-16/h4-11,17H,12-13H2,1-3H3,(H,20,21)/t17-,24-/m1/s1. The molecular formula is C19H23NO3S. The monoisotopic (exact) mass is 345 g/mol. The molecule has 128 valence electrons. The Bertz CT molecular complexity index is 716. The fourth-order valence-corrected chi connectivity index (χ4v) is 3.13. The van der Waals surface area contributed by atoms with Crippen molar-refractivity contribution in [2.45, 2.75) is 19.9 Å². The van der Waals surface area contributed by atoms with Crippen LogP contribution in [-0.2, 0) is 15.6 Å². The Morgan fingerprint density at radius 3 is 2.54 bits per heavy atom. The Kier molecular flexibility index (Phi) is 6.55. The fraction of sp³-hybridized carbons (Fsp3) is 0.316. The van der Waals surface area contributed by atoms with E-state index in [0.717, 1.165) is 16.7 Å². The summed E-state index contributed by atoms with van der Waals surface area (Å²) in [4.78, 5) is 12.2. The van der Waals surface area contributed by atoms with Crippen LogP contribution in [0.25, 0.3) is 0 Å². The lowest BCUT2D eigenvalue weighted by atomic mass is 10.1. The Labute approximate surface area is 145 Å². The Balaban J connectivity index is 2.00. The second-order valence-electron chi connectivity index (χ2n) is 5.83. The average Bonchev–Trinajstić information content (AvgIpc) is 2.55. The zero-order valence-corrected chi connectivity index (χ0v) is 15.1. The van der Waals surface area contributed by atoms with Gasteiger partial charge in [-0.2, -0.15) is 0 Å². The van der Waals surface area contributed by atoms with Gasteiger partial charge in [0.15, 0.2) is 6.61 Å². The van der Waals surface area contributed by atoms with Crippen LogP contribution in [0.15, 0.2) is 48.5 Å². The van der Waals surface area contributed by atoms with Gasteiger partial charge in [0.25, 0.3) is 5.91 Å². The normalized spacial score (nSPS) is 13.1. The van der Waals surface area contributed by atoms with Gasteiger partial charge in [0.05, 0.1) is 6.04 Å². The number of rotatable bonds is 7. The van der Waals surface area contributed by atoms with Crippen LogP contribution in [0.2, 0.25) is 0 Å². The molecule has 0 saturated carbocycles. The van der Waals surface area contributed by atoms with Gasteiger partial charge in [0.1, 0.15) is 5.75 Å². The third-order valence-electron chi connectivity index (χ3n) is 3.64. The first-order valence-electron chi connectivity index (χ1n) is 7.80. The SMILES string of the molecule is Cc1ccc(C)c(OCC(=O)N[C@H](C[S@@](C)=O)c2ccccc2)c1. The molecule has 1 amide bonds. The molecule has 4 nitrogen and oxygen atoms in total. The highest BCUT2D eigenvalue weighted by Crippen LogP contribution is 2.19. The minimum absolute atomic E-state index is 0.0655.